The van der Waals surface area contributed by atoms with Crippen LogP contribution in [-0.4, -0.2) is 61.1 Å². The minimum atomic E-state index is -0.689. The highest BCUT2D eigenvalue weighted by molar-refractivity contribution is 6.30. The normalized spacial score (nSPS) is 15.8. The summed E-state index contributed by atoms with van der Waals surface area (Å²) >= 11 is 5.92. The second-order valence-corrected chi connectivity index (χ2v) is 8.79. The van der Waals surface area contributed by atoms with Crippen molar-refractivity contribution >= 4 is 23.4 Å². The van der Waals surface area contributed by atoms with Gasteiger partial charge in [0, 0.05) is 42.2 Å². The average molecular weight is 444 g/mol. The number of halogens is 1. The third-order valence-corrected chi connectivity index (χ3v) is 5.83. The highest BCUT2D eigenvalue weighted by Gasteiger charge is 2.30. The van der Waals surface area contributed by atoms with Crippen LogP contribution in [0.15, 0.2) is 54.6 Å². The van der Waals surface area contributed by atoms with Gasteiger partial charge in [-0.3, -0.25) is 14.5 Å². The maximum atomic E-state index is 13.1. The van der Waals surface area contributed by atoms with E-state index >= 15 is 0 Å². The monoisotopic (exact) mass is 443 g/mol. The highest BCUT2D eigenvalue weighted by atomic mass is 35.5. The quantitative estimate of drug-likeness (QED) is 0.658. The number of hydrogen-bond donors (Lipinski definition) is 2. The molecule has 7 heteroatoms. The summed E-state index contributed by atoms with van der Waals surface area (Å²) in [5, 5.41) is 6.49. The van der Waals surface area contributed by atoms with Crippen molar-refractivity contribution in [2.24, 2.45) is 0 Å². The Morgan fingerprint density at radius 2 is 1.71 bits per heavy atom. The van der Waals surface area contributed by atoms with E-state index in [2.05, 4.69) is 29.4 Å². The van der Waals surface area contributed by atoms with Crippen LogP contribution in [0.3, 0.4) is 0 Å². The number of amides is 2. The van der Waals surface area contributed by atoms with Crippen molar-refractivity contribution in [2.75, 3.05) is 32.8 Å². The molecule has 1 atom stereocenters. The van der Waals surface area contributed by atoms with Crippen LogP contribution in [-0.2, 0) is 16.0 Å². The minimum Gasteiger partial charge on any atom is -0.379 e. The summed E-state index contributed by atoms with van der Waals surface area (Å²) in [5.74, 6) is -0.507. The molecule has 0 saturated carbocycles. The van der Waals surface area contributed by atoms with Crippen molar-refractivity contribution in [1.82, 2.24) is 15.5 Å². The van der Waals surface area contributed by atoms with Gasteiger partial charge in [-0.1, -0.05) is 41.9 Å². The lowest BCUT2D eigenvalue weighted by molar-refractivity contribution is -0.123. The molecule has 1 aliphatic heterocycles. The average Bonchev–Trinajstić information content (AvgIpc) is 2.79. The van der Waals surface area contributed by atoms with E-state index in [-0.39, 0.29) is 17.4 Å². The van der Waals surface area contributed by atoms with Gasteiger partial charge in [-0.2, -0.15) is 0 Å². The fourth-order valence-electron chi connectivity index (χ4n) is 3.61. The van der Waals surface area contributed by atoms with Crippen molar-refractivity contribution in [2.45, 2.75) is 31.8 Å². The molecule has 0 radical (unpaired) electrons. The Morgan fingerprint density at radius 3 is 2.35 bits per heavy atom. The Bertz CT molecular complexity index is 865. The summed E-state index contributed by atoms with van der Waals surface area (Å²) in [6.45, 7) is 7.77. The predicted molar refractivity (Wildman–Crippen MR) is 122 cm³/mol. The largest absolute Gasteiger partial charge is 0.379 e. The molecule has 2 N–H and O–H groups in total. The van der Waals surface area contributed by atoms with E-state index in [9.17, 15) is 9.59 Å². The number of carbonyl (C=O) groups excluding carboxylic acids is 2. The Labute approximate surface area is 188 Å². The maximum absolute atomic E-state index is 13.1. The lowest BCUT2D eigenvalue weighted by atomic mass is 10.0. The number of morpholine rings is 1. The molecule has 1 heterocycles. The molecule has 0 bridgehead atoms. The summed E-state index contributed by atoms with van der Waals surface area (Å²) < 4.78 is 5.43. The van der Waals surface area contributed by atoms with Gasteiger partial charge in [-0.25, -0.2) is 0 Å². The summed E-state index contributed by atoms with van der Waals surface area (Å²) in [5.41, 5.74) is 1.23. The molecule has 0 spiro atoms. The summed E-state index contributed by atoms with van der Waals surface area (Å²) in [4.78, 5) is 28.2. The lowest BCUT2D eigenvalue weighted by Crippen LogP contribution is -2.57. The molecule has 2 aromatic carbocycles. The Hall–Kier alpha value is -2.41. The summed E-state index contributed by atoms with van der Waals surface area (Å²) in [6, 6.07) is 15.6. The SMILES string of the molecule is CC(C)(CNC(=O)C(Cc1ccccc1)NC(=O)c1ccc(Cl)cc1)N1CCOCC1. The standard InChI is InChI=1S/C24H30ClN3O3/c1-24(2,28-12-14-31-15-13-28)17-26-23(30)21(16-18-6-4-3-5-7-18)27-22(29)19-8-10-20(25)11-9-19/h3-11,21H,12-17H2,1-2H3,(H,26,30)(H,27,29). The molecule has 1 unspecified atom stereocenters. The lowest BCUT2D eigenvalue weighted by Gasteiger charge is -2.41. The Morgan fingerprint density at radius 1 is 1.06 bits per heavy atom. The molecule has 1 fully saturated rings. The van der Waals surface area contributed by atoms with Gasteiger partial charge in [0.15, 0.2) is 0 Å². The molecular weight excluding hydrogens is 414 g/mol. The zero-order chi connectivity index (χ0) is 22.3. The highest BCUT2D eigenvalue weighted by Crippen LogP contribution is 2.15. The molecule has 1 aliphatic rings. The van der Waals surface area contributed by atoms with Crippen molar-refractivity contribution < 1.29 is 14.3 Å². The zero-order valence-electron chi connectivity index (χ0n) is 18.1. The molecular formula is C24H30ClN3O3. The third-order valence-electron chi connectivity index (χ3n) is 5.57. The Balaban J connectivity index is 1.68. The molecule has 2 aromatic rings. The van der Waals surface area contributed by atoms with Crippen LogP contribution in [0.2, 0.25) is 5.02 Å². The van der Waals surface area contributed by atoms with Gasteiger partial charge in [0.05, 0.1) is 13.2 Å². The fraction of sp³-hybridized carbons (Fsp3) is 0.417. The van der Waals surface area contributed by atoms with E-state index in [0.717, 1.165) is 18.7 Å². The molecule has 31 heavy (non-hydrogen) atoms. The molecule has 1 saturated heterocycles. The van der Waals surface area contributed by atoms with Crippen LogP contribution in [0.4, 0.5) is 0 Å². The summed E-state index contributed by atoms with van der Waals surface area (Å²) in [6.07, 6.45) is 0.407. The van der Waals surface area contributed by atoms with Gasteiger partial charge in [-0.05, 0) is 43.7 Å². The number of ether oxygens (including phenoxy) is 1. The number of nitrogens with one attached hydrogen (secondary N) is 2. The smallest absolute Gasteiger partial charge is 0.251 e. The zero-order valence-corrected chi connectivity index (χ0v) is 18.8. The van der Waals surface area contributed by atoms with Crippen LogP contribution >= 0.6 is 11.6 Å². The van der Waals surface area contributed by atoms with Crippen LogP contribution in [0.25, 0.3) is 0 Å². The van der Waals surface area contributed by atoms with E-state index in [0.29, 0.717) is 36.8 Å². The van der Waals surface area contributed by atoms with Crippen molar-refractivity contribution in [1.29, 1.82) is 0 Å². The maximum Gasteiger partial charge on any atom is 0.251 e. The first kappa shape index (κ1) is 23.3. The molecule has 0 aromatic heterocycles. The molecule has 0 aliphatic carbocycles. The van der Waals surface area contributed by atoms with Gasteiger partial charge in [0.1, 0.15) is 6.04 Å². The van der Waals surface area contributed by atoms with Crippen LogP contribution in [0, 0.1) is 0 Å². The number of hydrogen-bond acceptors (Lipinski definition) is 4. The molecule has 3 rings (SSSR count). The van der Waals surface area contributed by atoms with Crippen molar-refractivity contribution in [3.8, 4) is 0 Å². The van der Waals surface area contributed by atoms with Gasteiger partial charge >= 0.3 is 0 Å². The van der Waals surface area contributed by atoms with Crippen molar-refractivity contribution in [3.63, 3.8) is 0 Å². The first-order chi connectivity index (χ1) is 14.8. The first-order valence-corrected chi connectivity index (χ1v) is 10.9. The fourth-order valence-corrected chi connectivity index (χ4v) is 3.74. The van der Waals surface area contributed by atoms with E-state index in [4.69, 9.17) is 16.3 Å². The number of benzene rings is 2. The van der Waals surface area contributed by atoms with Crippen LogP contribution in [0.1, 0.15) is 29.8 Å². The second-order valence-electron chi connectivity index (χ2n) is 8.35. The predicted octanol–water partition coefficient (Wildman–Crippen LogP) is 2.91. The first-order valence-electron chi connectivity index (χ1n) is 10.6. The molecule has 6 nitrogen and oxygen atoms in total. The Kier molecular flexibility index (Phi) is 8.07. The summed E-state index contributed by atoms with van der Waals surface area (Å²) in [7, 11) is 0. The van der Waals surface area contributed by atoms with Crippen molar-refractivity contribution in [3.05, 3.63) is 70.7 Å². The van der Waals surface area contributed by atoms with Crippen LogP contribution < -0.4 is 10.6 Å². The topological polar surface area (TPSA) is 70.7 Å². The van der Waals surface area contributed by atoms with E-state index in [1.807, 2.05) is 30.3 Å². The van der Waals surface area contributed by atoms with E-state index in [1.54, 1.807) is 24.3 Å². The number of nitrogens with zero attached hydrogens (tertiary/aromatic N) is 1. The molecule has 166 valence electrons. The third kappa shape index (κ3) is 6.79. The van der Waals surface area contributed by atoms with Gasteiger partial charge in [0.25, 0.3) is 5.91 Å². The van der Waals surface area contributed by atoms with Gasteiger partial charge < -0.3 is 15.4 Å². The van der Waals surface area contributed by atoms with Gasteiger partial charge in [0.2, 0.25) is 5.91 Å². The van der Waals surface area contributed by atoms with Gasteiger partial charge in [-0.15, -0.1) is 0 Å². The second kappa shape index (κ2) is 10.8. The number of rotatable bonds is 8. The van der Waals surface area contributed by atoms with E-state index < -0.39 is 6.04 Å². The minimum absolute atomic E-state index is 0.201. The molecule has 2 amide bonds. The van der Waals surface area contributed by atoms with Crippen LogP contribution in [0.5, 0.6) is 0 Å². The van der Waals surface area contributed by atoms with E-state index in [1.165, 1.54) is 0 Å². The number of carbonyl (C=O) groups is 2.